The van der Waals surface area contributed by atoms with E-state index in [0.29, 0.717) is 26.1 Å². The average molecular weight is 689 g/mol. The molecule has 0 aliphatic carbocycles. The average Bonchev–Trinajstić information content (AvgIpc) is 3.10. The van der Waals surface area contributed by atoms with Crippen LogP contribution in [0.3, 0.4) is 0 Å². The highest BCUT2D eigenvalue weighted by Crippen LogP contribution is 2.11. The molecule has 0 amide bonds. The summed E-state index contributed by atoms with van der Waals surface area (Å²) in [7, 11) is 0. The van der Waals surface area contributed by atoms with Crippen LogP contribution in [0.1, 0.15) is 154 Å². The Bertz CT molecular complexity index is 668. The molecule has 0 bridgehead atoms. The lowest BCUT2D eigenvalue weighted by atomic mass is 10.1. The number of aliphatic hydroxyl groups is 6. The fourth-order valence-electron chi connectivity index (χ4n) is 4.68. The first-order valence-electron chi connectivity index (χ1n) is 18.8. The zero-order valence-electron chi connectivity index (χ0n) is 30.0. The first kappa shape index (κ1) is 48.3. The van der Waals surface area contributed by atoms with Gasteiger partial charge >= 0.3 is 11.9 Å². The summed E-state index contributed by atoms with van der Waals surface area (Å²) in [6.07, 6.45) is 32.0. The lowest BCUT2D eigenvalue weighted by molar-refractivity contribution is -0.148. The molecule has 0 aliphatic heterocycles. The van der Waals surface area contributed by atoms with E-state index in [1.165, 1.54) is 51.4 Å². The molecule has 2 unspecified atom stereocenters. The highest BCUT2D eigenvalue weighted by Gasteiger charge is 2.08. The van der Waals surface area contributed by atoms with Crippen LogP contribution >= 0.6 is 0 Å². The number of hydrogen-bond donors (Lipinski definition) is 6. The molecule has 0 aliphatic rings. The molecule has 2 atom stereocenters. The molecule has 0 saturated heterocycles. The number of esters is 2. The molecule has 0 aromatic heterocycles. The van der Waals surface area contributed by atoms with E-state index in [-0.39, 0.29) is 38.4 Å². The lowest BCUT2D eigenvalue weighted by Crippen LogP contribution is -2.21. The number of carbonyl (C=O) groups is 2. The van der Waals surface area contributed by atoms with Crippen molar-refractivity contribution in [2.75, 3.05) is 39.6 Å². The molecule has 0 radical (unpaired) electrons. The minimum absolute atomic E-state index is 0.122. The third-order valence-electron chi connectivity index (χ3n) is 7.69. The molecule has 0 saturated carbocycles. The van der Waals surface area contributed by atoms with Crippen LogP contribution in [0.4, 0.5) is 0 Å². The second kappa shape index (κ2) is 41.4. The van der Waals surface area contributed by atoms with Gasteiger partial charge in [-0.1, -0.05) is 88.5 Å². The predicted molar refractivity (Wildman–Crippen MR) is 191 cm³/mol. The van der Waals surface area contributed by atoms with Crippen LogP contribution in [0.5, 0.6) is 0 Å². The van der Waals surface area contributed by atoms with Crippen LogP contribution in [0.25, 0.3) is 0 Å². The summed E-state index contributed by atoms with van der Waals surface area (Å²) in [6, 6.07) is 0. The van der Waals surface area contributed by atoms with Crippen LogP contribution < -0.4 is 0 Å². The molecule has 10 heteroatoms. The Hall–Kier alpha value is -1.82. The van der Waals surface area contributed by atoms with Gasteiger partial charge in [0, 0.05) is 26.1 Å². The zero-order valence-corrected chi connectivity index (χ0v) is 30.0. The molecule has 284 valence electrons. The first-order valence-corrected chi connectivity index (χ1v) is 18.8. The van der Waals surface area contributed by atoms with E-state index < -0.39 is 12.2 Å². The van der Waals surface area contributed by atoms with Gasteiger partial charge in [0.2, 0.25) is 0 Å². The number of unbranched alkanes of at least 4 members (excludes halogenated alkanes) is 18. The van der Waals surface area contributed by atoms with Crippen molar-refractivity contribution in [2.45, 2.75) is 166 Å². The van der Waals surface area contributed by atoms with Crippen LogP contribution in [0.15, 0.2) is 24.3 Å². The Balaban J connectivity index is 0. The third-order valence-corrected chi connectivity index (χ3v) is 7.69. The van der Waals surface area contributed by atoms with Crippen molar-refractivity contribution in [3.63, 3.8) is 0 Å². The summed E-state index contributed by atoms with van der Waals surface area (Å²) in [5, 5.41) is 52.7. The summed E-state index contributed by atoms with van der Waals surface area (Å²) in [5.41, 5.74) is 0. The molecular formula is C38H72O10. The van der Waals surface area contributed by atoms with Gasteiger partial charge in [0.15, 0.2) is 0 Å². The fraction of sp³-hybridized carbons (Fsp3) is 0.842. The minimum Gasteiger partial charge on any atom is -0.463 e. The van der Waals surface area contributed by atoms with Crippen LogP contribution in [0.2, 0.25) is 0 Å². The SMILES string of the molecule is O=C(CCCCCCC/C=C/CCCCCCO)OCC(O)CO.O=C(CCCCCCC/C=C\CCCCCCO)OCC(O)CO. The first-order chi connectivity index (χ1) is 23.4. The van der Waals surface area contributed by atoms with Gasteiger partial charge in [0.25, 0.3) is 0 Å². The Morgan fingerprint density at radius 1 is 0.417 bits per heavy atom. The van der Waals surface area contributed by atoms with Crippen molar-refractivity contribution >= 4 is 11.9 Å². The maximum absolute atomic E-state index is 11.3. The topological polar surface area (TPSA) is 174 Å². The van der Waals surface area contributed by atoms with Crippen molar-refractivity contribution in [3.8, 4) is 0 Å². The Morgan fingerprint density at radius 2 is 0.688 bits per heavy atom. The number of aliphatic hydroxyl groups excluding tert-OH is 6. The zero-order chi connectivity index (χ0) is 35.8. The monoisotopic (exact) mass is 689 g/mol. The largest absolute Gasteiger partial charge is 0.463 e. The summed E-state index contributed by atoms with van der Waals surface area (Å²) in [5.74, 6) is -0.603. The molecule has 0 spiro atoms. The highest BCUT2D eigenvalue weighted by atomic mass is 16.5. The van der Waals surface area contributed by atoms with E-state index in [0.717, 1.165) is 89.9 Å². The summed E-state index contributed by atoms with van der Waals surface area (Å²) in [4.78, 5) is 22.7. The van der Waals surface area contributed by atoms with Crippen LogP contribution in [-0.4, -0.2) is 94.4 Å². The molecule has 0 aromatic rings. The van der Waals surface area contributed by atoms with Gasteiger partial charge in [-0.15, -0.1) is 0 Å². The molecular weight excluding hydrogens is 616 g/mol. The van der Waals surface area contributed by atoms with E-state index in [4.69, 9.17) is 40.1 Å². The standard InChI is InChI=1S/2C19H36O5/c2*20-15-13-11-9-7-5-3-1-2-4-6-8-10-12-14-19(23)24-17-18(22)16-21/h2*1,3,18,20-22H,2,4-17H2/b3-1+;3-1-. The molecule has 48 heavy (non-hydrogen) atoms. The molecule has 0 fully saturated rings. The predicted octanol–water partition coefficient (Wildman–Crippen LogP) is 6.23. The maximum Gasteiger partial charge on any atom is 0.305 e. The molecule has 0 rings (SSSR count). The van der Waals surface area contributed by atoms with Crippen molar-refractivity contribution in [3.05, 3.63) is 24.3 Å². The van der Waals surface area contributed by atoms with E-state index in [1.54, 1.807) is 0 Å². The van der Waals surface area contributed by atoms with E-state index >= 15 is 0 Å². The number of rotatable bonds is 34. The van der Waals surface area contributed by atoms with Gasteiger partial charge in [-0.2, -0.15) is 0 Å². The van der Waals surface area contributed by atoms with Gasteiger partial charge < -0.3 is 40.1 Å². The summed E-state index contributed by atoms with van der Waals surface area (Å²) >= 11 is 0. The van der Waals surface area contributed by atoms with Gasteiger partial charge in [-0.3, -0.25) is 9.59 Å². The van der Waals surface area contributed by atoms with Gasteiger partial charge in [0.1, 0.15) is 25.4 Å². The Morgan fingerprint density at radius 3 is 0.979 bits per heavy atom. The smallest absolute Gasteiger partial charge is 0.305 e. The fourth-order valence-corrected chi connectivity index (χ4v) is 4.68. The number of ether oxygens (including phenoxy) is 2. The Labute approximate surface area is 291 Å². The molecule has 6 N–H and O–H groups in total. The van der Waals surface area contributed by atoms with Gasteiger partial charge in [0.05, 0.1) is 13.2 Å². The molecule has 10 nitrogen and oxygen atoms in total. The van der Waals surface area contributed by atoms with E-state index in [2.05, 4.69) is 24.3 Å². The van der Waals surface area contributed by atoms with Crippen molar-refractivity contribution < 1.29 is 49.7 Å². The summed E-state index contributed by atoms with van der Waals surface area (Å²) < 4.78 is 9.68. The minimum atomic E-state index is -0.970. The number of allylic oxidation sites excluding steroid dienone is 4. The second-order valence-electron chi connectivity index (χ2n) is 12.4. The maximum atomic E-state index is 11.3. The molecule has 0 heterocycles. The van der Waals surface area contributed by atoms with Crippen molar-refractivity contribution in [2.24, 2.45) is 0 Å². The van der Waals surface area contributed by atoms with Crippen LogP contribution in [-0.2, 0) is 19.1 Å². The van der Waals surface area contributed by atoms with Crippen molar-refractivity contribution in [1.29, 1.82) is 0 Å². The van der Waals surface area contributed by atoms with E-state index in [9.17, 15) is 9.59 Å². The molecule has 0 aromatic carbocycles. The van der Waals surface area contributed by atoms with Crippen molar-refractivity contribution in [1.82, 2.24) is 0 Å². The van der Waals surface area contributed by atoms with Gasteiger partial charge in [-0.25, -0.2) is 0 Å². The Kier molecular flexibility index (Phi) is 41.6. The van der Waals surface area contributed by atoms with Crippen LogP contribution in [0, 0.1) is 0 Å². The highest BCUT2D eigenvalue weighted by molar-refractivity contribution is 5.69. The summed E-state index contributed by atoms with van der Waals surface area (Å²) in [6.45, 7) is -0.392. The quantitative estimate of drug-likeness (QED) is 0.0259. The lowest BCUT2D eigenvalue weighted by Gasteiger charge is -2.08. The van der Waals surface area contributed by atoms with E-state index in [1.807, 2.05) is 0 Å². The normalized spacial score (nSPS) is 12.6. The van der Waals surface area contributed by atoms with Gasteiger partial charge in [-0.05, 0) is 77.0 Å². The number of carbonyl (C=O) groups excluding carboxylic acids is 2. The third kappa shape index (κ3) is 42.2. The second-order valence-corrected chi connectivity index (χ2v) is 12.4. The number of hydrogen-bond acceptors (Lipinski definition) is 10.